The molecule has 1 amide bonds. The van der Waals surface area contributed by atoms with Gasteiger partial charge in [0.1, 0.15) is 11.5 Å². The lowest BCUT2D eigenvalue weighted by atomic mass is 9.84. The van der Waals surface area contributed by atoms with Crippen molar-refractivity contribution in [2.24, 2.45) is 0 Å². The van der Waals surface area contributed by atoms with E-state index in [0.29, 0.717) is 22.6 Å². The predicted octanol–water partition coefficient (Wildman–Crippen LogP) is 6.32. The number of hydrogen-bond acceptors (Lipinski definition) is 4. The third-order valence-corrected chi connectivity index (χ3v) is 6.89. The molecule has 1 saturated heterocycles. The van der Waals surface area contributed by atoms with E-state index >= 15 is 0 Å². The zero-order valence-electron chi connectivity index (χ0n) is 20.9. The molecule has 6 heteroatoms. The topological polar surface area (TPSA) is 77.8 Å². The molecule has 3 aromatic rings. The van der Waals surface area contributed by atoms with Gasteiger partial charge in [-0.05, 0) is 71.3 Å². The van der Waals surface area contributed by atoms with Gasteiger partial charge in [0.05, 0.1) is 11.6 Å². The smallest absolute Gasteiger partial charge is 0.295 e. The van der Waals surface area contributed by atoms with Crippen molar-refractivity contribution in [3.63, 3.8) is 0 Å². The molecule has 0 radical (unpaired) electrons. The Hall–Kier alpha value is -3.57. The third-order valence-electron chi connectivity index (χ3n) is 6.64. The molecule has 2 N–H and O–H groups in total. The van der Waals surface area contributed by atoms with Gasteiger partial charge in [-0.2, -0.15) is 0 Å². The second-order valence-corrected chi connectivity index (χ2v) is 10.7. The van der Waals surface area contributed by atoms with Crippen molar-refractivity contribution in [2.75, 3.05) is 6.54 Å². The van der Waals surface area contributed by atoms with Crippen molar-refractivity contribution < 1.29 is 19.8 Å². The molecule has 1 aliphatic heterocycles. The number of nitrogens with zero attached hydrogens (tertiary/aromatic N) is 1. The quantitative estimate of drug-likeness (QED) is 0.243. The van der Waals surface area contributed by atoms with Crippen LogP contribution in [0.1, 0.15) is 54.6 Å². The van der Waals surface area contributed by atoms with Gasteiger partial charge in [-0.15, -0.1) is 0 Å². The van der Waals surface area contributed by atoms with Gasteiger partial charge in [0.15, 0.2) is 0 Å². The van der Waals surface area contributed by atoms with Crippen molar-refractivity contribution in [1.82, 2.24) is 4.90 Å². The fourth-order valence-corrected chi connectivity index (χ4v) is 4.67. The fraction of sp³-hybridized carbons (Fsp3) is 0.267. The van der Waals surface area contributed by atoms with Crippen LogP contribution in [0.4, 0.5) is 0 Å². The maximum atomic E-state index is 13.4. The van der Waals surface area contributed by atoms with Crippen molar-refractivity contribution >= 4 is 29.1 Å². The van der Waals surface area contributed by atoms with E-state index in [0.717, 1.165) is 16.7 Å². The minimum absolute atomic E-state index is 0.0155. The second-order valence-electron chi connectivity index (χ2n) is 10.2. The normalized spacial score (nSPS) is 17.6. The maximum Gasteiger partial charge on any atom is 0.295 e. The largest absolute Gasteiger partial charge is 0.508 e. The predicted molar refractivity (Wildman–Crippen MR) is 142 cm³/mol. The number of halogens is 1. The Balaban J connectivity index is 1.83. The van der Waals surface area contributed by atoms with Crippen molar-refractivity contribution in [1.29, 1.82) is 0 Å². The Morgan fingerprint density at radius 3 is 2.33 bits per heavy atom. The highest BCUT2D eigenvalue weighted by molar-refractivity contribution is 6.46. The summed E-state index contributed by atoms with van der Waals surface area (Å²) in [5.41, 5.74) is 3.68. The summed E-state index contributed by atoms with van der Waals surface area (Å²) in [6.07, 6.45) is 0.498. The number of phenols is 1. The first-order valence-corrected chi connectivity index (χ1v) is 12.3. The highest BCUT2D eigenvalue weighted by atomic mass is 35.5. The number of benzene rings is 3. The lowest BCUT2D eigenvalue weighted by Crippen LogP contribution is -2.31. The van der Waals surface area contributed by atoms with Crippen LogP contribution in [0.25, 0.3) is 5.76 Å². The van der Waals surface area contributed by atoms with Crippen LogP contribution in [0.5, 0.6) is 5.75 Å². The number of ketones is 1. The summed E-state index contributed by atoms with van der Waals surface area (Å²) in [6.45, 7) is 8.34. The fourth-order valence-electron chi connectivity index (χ4n) is 4.54. The van der Waals surface area contributed by atoms with E-state index in [-0.39, 0.29) is 29.0 Å². The van der Waals surface area contributed by atoms with Crippen LogP contribution in [-0.2, 0) is 21.4 Å². The zero-order chi connectivity index (χ0) is 26.2. The molecule has 1 fully saturated rings. The number of aromatic hydroxyl groups is 1. The molecule has 4 rings (SSSR count). The third kappa shape index (κ3) is 5.02. The first-order chi connectivity index (χ1) is 17.0. The van der Waals surface area contributed by atoms with Crippen LogP contribution in [0.15, 0.2) is 72.3 Å². The van der Waals surface area contributed by atoms with Crippen molar-refractivity contribution in [2.45, 2.75) is 45.6 Å². The van der Waals surface area contributed by atoms with Gasteiger partial charge in [0, 0.05) is 17.1 Å². The molecule has 0 aliphatic carbocycles. The Labute approximate surface area is 216 Å². The molecule has 5 nitrogen and oxygen atoms in total. The Kier molecular flexibility index (Phi) is 6.96. The number of phenolic OH excluding ortho intramolecular Hbond substituents is 1. The minimum Gasteiger partial charge on any atom is -0.508 e. The van der Waals surface area contributed by atoms with Gasteiger partial charge in [0.25, 0.3) is 11.7 Å². The summed E-state index contributed by atoms with van der Waals surface area (Å²) in [7, 11) is 0. The molecule has 3 aromatic carbocycles. The molecular weight excluding hydrogens is 474 g/mol. The van der Waals surface area contributed by atoms with E-state index in [2.05, 4.69) is 20.8 Å². The lowest BCUT2D eigenvalue weighted by molar-refractivity contribution is -0.139. The van der Waals surface area contributed by atoms with E-state index in [9.17, 15) is 19.8 Å². The van der Waals surface area contributed by atoms with E-state index in [1.54, 1.807) is 24.3 Å². The van der Waals surface area contributed by atoms with E-state index in [1.165, 1.54) is 17.0 Å². The molecule has 1 heterocycles. The van der Waals surface area contributed by atoms with Crippen molar-refractivity contribution in [3.8, 4) is 5.75 Å². The number of hydrogen-bond donors (Lipinski definition) is 2. The number of carbonyl (C=O) groups excluding carboxylic acids is 2. The molecule has 186 valence electrons. The molecule has 0 spiro atoms. The number of carbonyl (C=O) groups is 2. The molecule has 1 unspecified atom stereocenters. The number of amides is 1. The zero-order valence-corrected chi connectivity index (χ0v) is 21.6. The summed E-state index contributed by atoms with van der Waals surface area (Å²) < 4.78 is 0. The summed E-state index contributed by atoms with van der Waals surface area (Å²) in [4.78, 5) is 28.1. The van der Waals surface area contributed by atoms with Gasteiger partial charge >= 0.3 is 0 Å². The maximum absolute atomic E-state index is 13.4. The molecular formula is C30H30ClNO4. The molecule has 0 aromatic heterocycles. The van der Waals surface area contributed by atoms with Gasteiger partial charge in [-0.3, -0.25) is 9.59 Å². The van der Waals surface area contributed by atoms with Crippen LogP contribution in [0.3, 0.4) is 0 Å². The number of likely N-dealkylation sites (tertiary alicyclic amines) is 1. The summed E-state index contributed by atoms with van der Waals surface area (Å²) >= 11 is 6.00. The summed E-state index contributed by atoms with van der Waals surface area (Å²) in [5, 5.41) is 22.3. The van der Waals surface area contributed by atoms with Gasteiger partial charge < -0.3 is 15.1 Å². The molecule has 0 bridgehead atoms. The number of rotatable bonds is 5. The molecule has 1 atom stereocenters. The minimum atomic E-state index is -0.831. The van der Waals surface area contributed by atoms with E-state index in [1.807, 2.05) is 37.3 Å². The average Bonchev–Trinajstić information content (AvgIpc) is 3.08. The summed E-state index contributed by atoms with van der Waals surface area (Å²) in [6, 6.07) is 18.7. The first kappa shape index (κ1) is 25.5. The second kappa shape index (κ2) is 9.82. The van der Waals surface area contributed by atoms with Crippen LogP contribution in [-0.4, -0.2) is 33.3 Å². The highest BCUT2D eigenvalue weighted by Crippen LogP contribution is 2.41. The van der Waals surface area contributed by atoms with Crippen LogP contribution in [0, 0.1) is 6.92 Å². The number of aliphatic hydroxyl groups excluding tert-OH is 1. The summed E-state index contributed by atoms with van der Waals surface area (Å²) in [5.74, 6) is -1.61. The Morgan fingerprint density at radius 1 is 1.00 bits per heavy atom. The van der Waals surface area contributed by atoms with Crippen LogP contribution in [0.2, 0.25) is 5.02 Å². The SMILES string of the molecule is Cc1ccc(C(C)(C)C)cc1/C(O)=C1\C(=O)C(=O)N(CCc2ccc(Cl)cc2)C1c1cccc(O)c1. The Morgan fingerprint density at radius 2 is 1.69 bits per heavy atom. The van der Waals surface area contributed by atoms with Gasteiger partial charge in [-0.25, -0.2) is 0 Å². The standard InChI is InChI=1S/C30H30ClNO4/c1-18-8-11-21(30(2,3)4)17-24(18)27(34)25-26(20-6-5-7-23(33)16-20)32(29(36)28(25)35)15-14-19-9-12-22(31)13-10-19/h5-13,16-17,26,33-34H,14-15H2,1-4H3/b27-25+. The Bertz CT molecular complexity index is 1350. The van der Waals surface area contributed by atoms with E-state index in [4.69, 9.17) is 11.6 Å². The number of aryl methyl sites for hydroxylation is 1. The number of Topliss-reactive ketones (excluding diaryl/α,β-unsaturated/α-hetero) is 1. The average molecular weight is 504 g/mol. The molecule has 1 aliphatic rings. The van der Waals surface area contributed by atoms with Crippen molar-refractivity contribution in [3.05, 3.63) is 105 Å². The van der Waals surface area contributed by atoms with Gasteiger partial charge in [0.2, 0.25) is 0 Å². The van der Waals surface area contributed by atoms with Crippen LogP contribution < -0.4 is 0 Å². The van der Waals surface area contributed by atoms with E-state index < -0.39 is 17.7 Å². The van der Waals surface area contributed by atoms with Gasteiger partial charge in [-0.1, -0.05) is 68.8 Å². The number of aliphatic hydroxyl groups is 1. The molecule has 36 heavy (non-hydrogen) atoms. The van der Waals surface area contributed by atoms with Crippen LogP contribution >= 0.6 is 11.6 Å². The monoisotopic (exact) mass is 503 g/mol. The lowest BCUT2D eigenvalue weighted by Gasteiger charge is -2.26. The first-order valence-electron chi connectivity index (χ1n) is 11.9. The molecule has 0 saturated carbocycles. The highest BCUT2D eigenvalue weighted by Gasteiger charge is 2.46.